The predicted molar refractivity (Wildman–Crippen MR) is 200 cm³/mol. The van der Waals surface area contributed by atoms with Crippen LogP contribution in [0.4, 0.5) is 0 Å². The van der Waals surface area contributed by atoms with E-state index in [-0.39, 0.29) is 32.0 Å². The normalized spacial score (nSPS) is 15.2. The monoisotopic (exact) mass is 832 g/mol. The third-order valence-corrected chi connectivity index (χ3v) is 14.1. The number of rotatable bonds is 17. The molecule has 0 fully saturated rings. The van der Waals surface area contributed by atoms with Crippen LogP contribution in [0.15, 0.2) is 110 Å². The first-order valence-corrected chi connectivity index (χ1v) is 21.6. The Labute approximate surface area is 323 Å². The SMILES string of the molecule is COc1ccc2c(c1)=NC(S)(S(=O)(=O)c1ccc(OCC(=O)OCCS(=O)(=O)c3ccc(C)cc3)c(OCC(=O)OCCS(=O)(=O)c3ccc(C)cc3)c1)N=2. The van der Waals surface area contributed by atoms with Crippen molar-refractivity contribution in [2.75, 3.05) is 45.0 Å². The molecule has 0 N–H and O–H groups in total. The van der Waals surface area contributed by atoms with Gasteiger partial charge < -0.3 is 23.7 Å². The van der Waals surface area contributed by atoms with Gasteiger partial charge in [0, 0.05) is 12.1 Å². The lowest BCUT2D eigenvalue weighted by Gasteiger charge is -2.19. The third kappa shape index (κ3) is 10.0. The van der Waals surface area contributed by atoms with E-state index in [1.165, 1.54) is 43.5 Å². The van der Waals surface area contributed by atoms with E-state index >= 15 is 0 Å². The average Bonchev–Trinajstić information content (AvgIpc) is 3.50. The van der Waals surface area contributed by atoms with E-state index in [0.29, 0.717) is 5.75 Å². The fraction of sp³-hybridized carbons (Fsp3) is 0.278. The van der Waals surface area contributed by atoms with Gasteiger partial charge in [0.1, 0.15) is 19.0 Å². The highest BCUT2D eigenvalue weighted by molar-refractivity contribution is 8.06. The van der Waals surface area contributed by atoms with Crippen LogP contribution in [0.3, 0.4) is 0 Å². The molecule has 1 atom stereocenters. The lowest BCUT2D eigenvalue weighted by Crippen LogP contribution is -2.28. The lowest BCUT2D eigenvalue weighted by molar-refractivity contribution is -0.146. The van der Waals surface area contributed by atoms with Crippen LogP contribution in [-0.4, -0.2) is 86.6 Å². The number of fused-ring (bicyclic) bond motifs is 1. The Morgan fingerprint density at radius 3 is 1.60 bits per heavy atom. The molecule has 1 aliphatic heterocycles. The van der Waals surface area contributed by atoms with Gasteiger partial charge in [-0.25, -0.2) is 44.8 Å². The topological polar surface area (TPSA) is 207 Å². The number of carbonyl (C=O) groups excluding carboxylic acids is 2. The molecule has 1 unspecified atom stereocenters. The van der Waals surface area contributed by atoms with Gasteiger partial charge in [0.25, 0.3) is 0 Å². The predicted octanol–water partition coefficient (Wildman–Crippen LogP) is 2.37. The minimum atomic E-state index is -4.52. The molecule has 1 aliphatic rings. The molecule has 0 aliphatic carbocycles. The molecule has 5 rings (SSSR count). The van der Waals surface area contributed by atoms with Gasteiger partial charge in [0.05, 0.1) is 44.0 Å². The smallest absolute Gasteiger partial charge is 0.344 e. The Bertz CT molecular complexity index is 2540. The molecule has 55 heavy (non-hydrogen) atoms. The van der Waals surface area contributed by atoms with E-state index in [1.54, 1.807) is 37.3 Å². The highest BCUT2D eigenvalue weighted by Crippen LogP contribution is 2.37. The average molecular weight is 833 g/mol. The molecule has 0 spiro atoms. The molecule has 0 saturated carbocycles. The van der Waals surface area contributed by atoms with Crippen molar-refractivity contribution in [3.05, 3.63) is 107 Å². The molecule has 0 bridgehead atoms. The van der Waals surface area contributed by atoms with Crippen molar-refractivity contribution in [1.82, 2.24) is 0 Å². The fourth-order valence-electron chi connectivity index (χ4n) is 4.93. The van der Waals surface area contributed by atoms with Crippen molar-refractivity contribution in [3.63, 3.8) is 0 Å². The van der Waals surface area contributed by atoms with Gasteiger partial charge in [-0.1, -0.05) is 35.4 Å². The first-order valence-electron chi connectivity index (χ1n) is 16.3. The molecular formula is C36H36N2O13S4. The highest BCUT2D eigenvalue weighted by Gasteiger charge is 2.43. The highest BCUT2D eigenvalue weighted by atomic mass is 32.2. The Kier molecular flexibility index (Phi) is 12.6. The van der Waals surface area contributed by atoms with Crippen molar-refractivity contribution >= 4 is 54.1 Å². The number of carbonyl (C=O) groups is 2. The third-order valence-electron chi connectivity index (χ3n) is 7.98. The van der Waals surface area contributed by atoms with Crippen LogP contribution < -0.4 is 24.9 Å². The number of ether oxygens (including phenoxy) is 5. The molecule has 1 heterocycles. The molecule has 292 valence electrons. The molecule has 4 aromatic carbocycles. The molecule has 0 amide bonds. The van der Waals surface area contributed by atoms with Crippen molar-refractivity contribution in [2.45, 2.75) is 32.9 Å². The molecule has 4 aromatic rings. The van der Waals surface area contributed by atoms with Crippen molar-refractivity contribution in [3.8, 4) is 17.2 Å². The van der Waals surface area contributed by atoms with Crippen LogP contribution in [0.1, 0.15) is 11.1 Å². The number of hydrogen-bond donors (Lipinski definition) is 1. The zero-order valence-corrected chi connectivity index (χ0v) is 33.0. The molecule has 19 heteroatoms. The summed E-state index contributed by atoms with van der Waals surface area (Å²) < 4.78 is 102. The number of nitrogens with zero attached hydrogens (tertiary/aromatic N) is 2. The standard InChI is InChI=1S/C36H36N2O13S4/c1-24-4-9-27(10-5-24)53(41,42)18-16-48-34(39)22-50-32-15-13-29(55(45,46)36(52)37-30-14-8-26(47-3)20-31(30)38-36)21-33(32)51-23-35(40)49-17-19-54(43,44)28-11-6-25(2)7-12-28/h4-15,20-21,52H,16-19,22-23H2,1-3H3. The van der Waals surface area contributed by atoms with Crippen LogP contribution in [0.25, 0.3) is 0 Å². The molecule has 0 aromatic heterocycles. The minimum Gasteiger partial charge on any atom is -0.497 e. The second-order valence-electron chi connectivity index (χ2n) is 12.0. The minimum absolute atomic E-state index is 0.0570. The molecule has 0 saturated heterocycles. The largest absolute Gasteiger partial charge is 0.497 e. The molecular weight excluding hydrogens is 797 g/mol. The van der Waals surface area contributed by atoms with E-state index in [1.807, 2.05) is 6.92 Å². The van der Waals surface area contributed by atoms with E-state index in [4.69, 9.17) is 23.7 Å². The van der Waals surface area contributed by atoms with Gasteiger partial charge >= 0.3 is 16.3 Å². The number of thiol groups is 1. The maximum absolute atomic E-state index is 13.9. The van der Waals surface area contributed by atoms with Gasteiger partial charge in [0.2, 0.25) is 9.84 Å². The van der Waals surface area contributed by atoms with Gasteiger partial charge in [-0.15, -0.1) is 12.6 Å². The van der Waals surface area contributed by atoms with Crippen molar-refractivity contribution in [1.29, 1.82) is 0 Å². The summed E-state index contributed by atoms with van der Waals surface area (Å²) >= 11 is 4.31. The van der Waals surface area contributed by atoms with E-state index in [9.17, 15) is 34.8 Å². The Balaban J connectivity index is 1.29. The van der Waals surface area contributed by atoms with Gasteiger partial charge in [-0.2, -0.15) is 0 Å². The number of aryl methyl sites for hydroxylation is 2. The van der Waals surface area contributed by atoms with Crippen LogP contribution in [0.5, 0.6) is 17.2 Å². The Morgan fingerprint density at radius 1 is 0.618 bits per heavy atom. The van der Waals surface area contributed by atoms with Gasteiger partial charge in [-0.3, -0.25) is 0 Å². The molecule has 15 nitrogen and oxygen atoms in total. The number of esters is 2. The second-order valence-corrected chi connectivity index (χ2v) is 19.2. The zero-order chi connectivity index (χ0) is 40.0. The van der Waals surface area contributed by atoms with Crippen molar-refractivity contribution in [2.24, 2.45) is 9.98 Å². The summed E-state index contributed by atoms with van der Waals surface area (Å²) in [5.74, 6) is -3.09. The number of sulfone groups is 3. The quantitative estimate of drug-likeness (QED) is 0.120. The van der Waals surface area contributed by atoms with Crippen LogP contribution in [-0.2, 0) is 48.6 Å². The Hall–Kier alpha value is -4.98. The zero-order valence-electron chi connectivity index (χ0n) is 29.7. The van der Waals surface area contributed by atoms with Gasteiger partial charge in [0.15, 0.2) is 44.4 Å². The van der Waals surface area contributed by atoms with Crippen LogP contribution in [0.2, 0.25) is 0 Å². The van der Waals surface area contributed by atoms with Crippen molar-refractivity contribution < 1.29 is 58.5 Å². The first-order chi connectivity index (χ1) is 25.9. The number of methoxy groups -OCH3 is 1. The lowest BCUT2D eigenvalue weighted by atomic mass is 10.2. The fourth-order valence-corrected chi connectivity index (χ4v) is 8.91. The number of hydrogen-bond acceptors (Lipinski definition) is 16. The summed E-state index contributed by atoms with van der Waals surface area (Å²) in [6, 6.07) is 20.2. The summed E-state index contributed by atoms with van der Waals surface area (Å²) in [5, 5.41) is 0.458. The maximum Gasteiger partial charge on any atom is 0.344 e. The summed E-state index contributed by atoms with van der Waals surface area (Å²) in [4.78, 5) is 33.3. The van der Waals surface area contributed by atoms with E-state index < -0.39 is 88.6 Å². The van der Waals surface area contributed by atoms with Crippen LogP contribution >= 0.6 is 12.6 Å². The summed E-state index contributed by atoms with van der Waals surface area (Å²) in [6.07, 6.45) is 0. The van der Waals surface area contributed by atoms with Gasteiger partial charge in [-0.05, 0) is 62.4 Å². The summed E-state index contributed by atoms with van der Waals surface area (Å²) in [6.45, 7) is 1.06. The van der Waals surface area contributed by atoms with E-state index in [2.05, 4.69) is 22.6 Å². The molecule has 0 radical (unpaired) electrons. The summed E-state index contributed by atoms with van der Waals surface area (Å²) in [5.41, 5.74) is 1.74. The van der Waals surface area contributed by atoms with E-state index in [0.717, 1.165) is 29.3 Å². The second kappa shape index (κ2) is 16.8. The van der Waals surface area contributed by atoms with Crippen LogP contribution in [0, 0.1) is 13.8 Å². The number of benzene rings is 4. The Morgan fingerprint density at radius 2 is 1.09 bits per heavy atom. The first kappa shape index (κ1) is 41.2. The maximum atomic E-state index is 13.9. The summed E-state index contributed by atoms with van der Waals surface area (Å²) in [7, 11) is -10.6.